The number of aryl methyl sites for hydroxylation is 1. The zero-order valence-corrected chi connectivity index (χ0v) is 18.0. The molecule has 0 unspecified atom stereocenters. The molecule has 0 radical (unpaired) electrons. The van der Waals surface area contributed by atoms with Crippen molar-refractivity contribution in [3.63, 3.8) is 0 Å². The highest BCUT2D eigenvalue weighted by molar-refractivity contribution is 7.18. The SMILES string of the molecule is Cc1nc2cc(NC(=O)c3cc4cc(C(F)(F)F)cnc4n3Cc3ccncc3)ccc2s1. The van der Waals surface area contributed by atoms with Crippen LogP contribution in [0.2, 0.25) is 0 Å². The molecule has 5 aromatic rings. The quantitative estimate of drug-likeness (QED) is 0.370. The van der Waals surface area contributed by atoms with Crippen molar-refractivity contribution in [1.29, 1.82) is 0 Å². The van der Waals surface area contributed by atoms with Crippen molar-refractivity contribution in [1.82, 2.24) is 19.5 Å². The predicted octanol–water partition coefficient (Wildman–Crippen LogP) is 5.67. The molecular weight excluding hydrogens is 451 g/mol. The lowest BCUT2D eigenvalue weighted by molar-refractivity contribution is -0.137. The summed E-state index contributed by atoms with van der Waals surface area (Å²) in [6.45, 7) is 2.15. The summed E-state index contributed by atoms with van der Waals surface area (Å²) in [5.41, 5.74) is 1.76. The first kappa shape index (κ1) is 21.1. The first-order chi connectivity index (χ1) is 15.8. The number of nitrogens with zero attached hydrogens (tertiary/aromatic N) is 4. The van der Waals surface area contributed by atoms with Gasteiger partial charge in [-0.05, 0) is 55.0 Å². The molecule has 10 heteroatoms. The molecule has 0 spiro atoms. The van der Waals surface area contributed by atoms with E-state index < -0.39 is 17.6 Å². The number of anilines is 1. The number of alkyl halides is 3. The van der Waals surface area contributed by atoms with Crippen LogP contribution in [0.3, 0.4) is 0 Å². The number of fused-ring (bicyclic) bond motifs is 2. The number of rotatable bonds is 4. The van der Waals surface area contributed by atoms with Gasteiger partial charge in [-0.25, -0.2) is 9.97 Å². The van der Waals surface area contributed by atoms with Gasteiger partial charge in [0.15, 0.2) is 0 Å². The van der Waals surface area contributed by atoms with Gasteiger partial charge in [0.05, 0.1) is 20.8 Å². The van der Waals surface area contributed by atoms with Gasteiger partial charge in [-0.15, -0.1) is 11.3 Å². The Morgan fingerprint density at radius 2 is 1.91 bits per heavy atom. The number of hydrogen-bond acceptors (Lipinski definition) is 5. The maximum Gasteiger partial charge on any atom is 0.417 e. The number of thiazole rings is 1. The van der Waals surface area contributed by atoms with Gasteiger partial charge in [-0.3, -0.25) is 9.78 Å². The summed E-state index contributed by atoms with van der Waals surface area (Å²) in [4.78, 5) is 25.7. The molecule has 0 saturated heterocycles. The van der Waals surface area contributed by atoms with Crippen molar-refractivity contribution < 1.29 is 18.0 Å². The fraction of sp³-hybridized carbons (Fsp3) is 0.130. The summed E-state index contributed by atoms with van der Waals surface area (Å²) in [5.74, 6) is -0.457. The summed E-state index contributed by atoms with van der Waals surface area (Å²) in [7, 11) is 0. The van der Waals surface area contributed by atoms with Crippen molar-refractivity contribution >= 4 is 44.2 Å². The second-order valence-corrected chi connectivity index (χ2v) is 8.71. The van der Waals surface area contributed by atoms with Crippen molar-refractivity contribution in [2.24, 2.45) is 0 Å². The van der Waals surface area contributed by atoms with E-state index in [0.29, 0.717) is 5.69 Å². The molecule has 4 aromatic heterocycles. The molecule has 0 aliphatic heterocycles. The van der Waals surface area contributed by atoms with Crippen molar-refractivity contribution in [3.8, 4) is 0 Å². The Labute approximate surface area is 189 Å². The zero-order valence-electron chi connectivity index (χ0n) is 17.2. The van der Waals surface area contributed by atoms with E-state index in [1.165, 1.54) is 6.07 Å². The number of hydrogen-bond donors (Lipinski definition) is 1. The molecule has 1 aromatic carbocycles. The van der Waals surface area contributed by atoms with E-state index in [1.807, 2.05) is 13.0 Å². The largest absolute Gasteiger partial charge is 0.417 e. The number of halogens is 3. The molecule has 5 rings (SSSR count). The van der Waals surface area contributed by atoms with Crippen LogP contribution in [0.1, 0.15) is 26.6 Å². The van der Waals surface area contributed by atoms with Gasteiger partial charge in [0, 0.05) is 36.2 Å². The van der Waals surface area contributed by atoms with Crippen LogP contribution in [-0.4, -0.2) is 25.4 Å². The lowest BCUT2D eigenvalue weighted by Gasteiger charge is -2.11. The van der Waals surface area contributed by atoms with E-state index in [2.05, 4.69) is 20.3 Å². The third-order valence-corrected chi connectivity index (χ3v) is 6.09. The summed E-state index contributed by atoms with van der Waals surface area (Å²) >= 11 is 1.55. The summed E-state index contributed by atoms with van der Waals surface area (Å²) in [6.07, 6.45) is -0.522. The number of aromatic nitrogens is 4. The molecule has 166 valence electrons. The highest BCUT2D eigenvalue weighted by Crippen LogP contribution is 2.32. The molecule has 0 aliphatic carbocycles. The maximum atomic E-state index is 13.2. The van der Waals surface area contributed by atoms with Gasteiger partial charge in [0.2, 0.25) is 0 Å². The predicted molar refractivity (Wildman–Crippen MR) is 120 cm³/mol. The number of benzene rings is 1. The lowest BCUT2D eigenvalue weighted by atomic mass is 10.2. The van der Waals surface area contributed by atoms with Gasteiger partial charge in [-0.1, -0.05) is 0 Å². The van der Waals surface area contributed by atoms with E-state index >= 15 is 0 Å². The molecule has 33 heavy (non-hydrogen) atoms. The van der Waals surface area contributed by atoms with Crippen LogP contribution in [-0.2, 0) is 12.7 Å². The van der Waals surface area contributed by atoms with Gasteiger partial charge >= 0.3 is 6.18 Å². The molecule has 1 N–H and O–H groups in total. The van der Waals surface area contributed by atoms with Crippen LogP contribution in [0.25, 0.3) is 21.3 Å². The Kier molecular flexibility index (Phi) is 5.09. The zero-order chi connectivity index (χ0) is 23.2. The topological polar surface area (TPSA) is 72.7 Å². The number of carbonyl (C=O) groups excluding carboxylic acids is 1. The second-order valence-electron chi connectivity index (χ2n) is 7.48. The van der Waals surface area contributed by atoms with E-state index in [9.17, 15) is 18.0 Å². The van der Waals surface area contributed by atoms with Gasteiger partial charge in [0.1, 0.15) is 11.3 Å². The normalized spacial score (nSPS) is 11.9. The van der Waals surface area contributed by atoms with Crippen molar-refractivity contribution in [3.05, 3.63) is 82.9 Å². The number of nitrogens with one attached hydrogen (secondary N) is 1. The van der Waals surface area contributed by atoms with E-state index in [1.54, 1.807) is 52.6 Å². The molecule has 0 fully saturated rings. The second kappa shape index (κ2) is 7.96. The van der Waals surface area contributed by atoms with E-state index in [-0.39, 0.29) is 23.3 Å². The molecule has 0 aliphatic rings. The fourth-order valence-corrected chi connectivity index (χ4v) is 4.44. The maximum absolute atomic E-state index is 13.2. The third-order valence-electron chi connectivity index (χ3n) is 5.14. The molecule has 0 saturated carbocycles. The van der Waals surface area contributed by atoms with Crippen LogP contribution in [0.4, 0.5) is 18.9 Å². The average molecular weight is 467 g/mol. The Hall–Kier alpha value is -3.79. The van der Waals surface area contributed by atoms with Gasteiger partial charge in [-0.2, -0.15) is 13.2 Å². The highest BCUT2D eigenvalue weighted by atomic mass is 32.1. The minimum Gasteiger partial charge on any atom is -0.321 e. The smallest absolute Gasteiger partial charge is 0.321 e. The average Bonchev–Trinajstić information content (AvgIpc) is 3.32. The highest BCUT2D eigenvalue weighted by Gasteiger charge is 2.32. The molecule has 0 bridgehead atoms. The fourth-order valence-electron chi connectivity index (χ4n) is 3.64. The van der Waals surface area contributed by atoms with Crippen LogP contribution in [0.5, 0.6) is 0 Å². The molecule has 6 nitrogen and oxygen atoms in total. The third kappa shape index (κ3) is 4.17. The Morgan fingerprint density at radius 3 is 2.67 bits per heavy atom. The lowest BCUT2D eigenvalue weighted by Crippen LogP contribution is -2.17. The van der Waals surface area contributed by atoms with E-state index in [4.69, 9.17) is 0 Å². The van der Waals surface area contributed by atoms with Crippen LogP contribution >= 0.6 is 11.3 Å². The Bertz CT molecular complexity index is 1490. The van der Waals surface area contributed by atoms with Crippen molar-refractivity contribution in [2.45, 2.75) is 19.6 Å². The van der Waals surface area contributed by atoms with E-state index in [0.717, 1.165) is 33.1 Å². The monoisotopic (exact) mass is 467 g/mol. The summed E-state index contributed by atoms with van der Waals surface area (Å²) < 4.78 is 42.2. The van der Waals surface area contributed by atoms with Gasteiger partial charge in [0.25, 0.3) is 5.91 Å². The van der Waals surface area contributed by atoms with Crippen LogP contribution < -0.4 is 5.32 Å². The van der Waals surface area contributed by atoms with Gasteiger partial charge < -0.3 is 9.88 Å². The molecule has 1 amide bonds. The summed E-state index contributed by atoms with van der Waals surface area (Å²) in [5, 5.41) is 3.98. The minimum atomic E-state index is -4.53. The Morgan fingerprint density at radius 1 is 1.12 bits per heavy atom. The number of carbonyl (C=O) groups is 1. The first-order valence-corrected chi connectivity index (χ1v) is 10.7. The molecular formula is C23H16F3N5OS. The number of amides is 1. The first-order valence-electron chi connectivity index (χ1n) is 9.92. The summed E-state index contributed by atoms with van der Waals surface area (Å²) in [6, 6.07) is 11.4. The van der Waals surface area contributed by atoms with Crippen LogP contribution in [0.15, 0.2) is 61.1 Å². The van der Waals surface area contributed by atoms with Crippen LogP contribution in [0, 0.1) is 6.92 Å². The standard InChI is InChI=1S/C23H16F3N5OS/c1-13-29-18-10-17(2-3-20(18)33-13)30-22(32)19-9-15-8-16(23(24,25)26)11-28-21(15)31(19)12-14-4-6-27-7-5-14/h2-11H,12H2,1H3,(H,30,32). The molecule has 0 atom stereocenters. The van der Waals surface area contributed by atoms with Crippen molar-refractivity contribution in [2.75, 3.05) is 5.32 Å². The molecule has 4 heterocycles. The number of pyridine rings is 2. The minimum absolute atomic E-state index is 0.197. The Balaban J connectivity index is 1.56.